The van der Waals surface area contributed by atoms with Gasteiger partial charge in [-0.1, -0.05) is 48.6 Å². The summed E-state index contributed by atoms with van der Waals surface area (Å²) in [4.78, 5) is 0. The Labute approximate surface area is 95.2 Å². The van der Waals surface area contributed by atoms with Crippen LogP contribution in [0.3, 0.4) is 0 Å². The quantitative estimate of drug-likeness (QED) is 0.591. The molecule has 0 fully saturated rings. The predicted molar refractivity (Wildman–Crippen MR) is 70.6 cm³/mol. The molecule has 0 amide bonds. The number of nitrogen functional groups attached to an aromatic ring is 2. The van der Waals surface area contributed by atoms with E-state index in [1.807, 2.05) is 54.6 Å². The first-order valence-electron chi connectivity index (χ1n) is 5.14. The van der Waals surface area contributed by atoms with Gasteiger partial charge in [0.15, 0.2) is 0 Å². The van der Waals surface area contributed by atoms with Gasteiger partial charge in [0.05, 0.1) is 0 Å². The highest BCUT2D eigenvalue weighted by molar-refractivity contribution is 5.77. The van der Waals surface area contributed by atoms with Crippen molar-refractivity contribution in [3.8, 4) is 0 Å². The Morgan fingerprint density at radius 2 is 1.56 bits per heavy atom. The van der Waals surface area contributed by atoms with Crippen LogP contribution in [0.4, 0.5) is 11.4 Å². The van der Waals surface area contributed by atoms with Crippen molar-refractivity contribution >= 4 is 23.5 Å². The van der Waals surface area contributed by atoms with Crippen molar-refractivity contribution < 1.29 is 0 Å². The maximum Gasteiger partial charge on any atom is 0.0408 e. The Hall–Kier alpha value is -2.22. The van der Waals surface area contributed by atoms with Gasteiger partial charge in [-0.2, -0.15) is 0 Å². The van der Waals surface area contributed by atoms with Gasteiger partial charge >= 0.3 is 0 Å². The minimum atomic E-state index is 0.689. The normalized spacial score (nSPS) is 10.8. The number of hydrogen-bond donors (Lipinski definition) is 2. The van der Waals surface area contributed by atoms with Crippen molar-refractivity contribution in [2.75, 3.05) is 11.5 Å². The van der Waals surface area contributed by atoms with Crippen LogP contribution in [-0.2, 0) is 0 Å². The molecule has 0 radical (unpaired) electrons. The summed E-state index contributed by atoms with van der Waals surface area (Å²) in [5.41, 5.74) is 15.0. The fourth-order valence-corrected chi connectivity index (χ4v) is 1.50. The van der Waals surface area contributed by atoms with Crippen LogP contribution in [0.5, 0.6) is 0 Å². The summed E-state index contributed by atoms with van der Waals surface area (Å²) < 4.78 is 0. The van der Waals surface area contributed by atoms with E-state index in [9.17, 15) is 0 Å². The van der Waals surface area contributed by atoms with Gasteiger partial charge in [0.1, 0.15) is 0 Å². The van der Waals surface area contributed by atoms with Crippen LogP contribution in [0.1, 0.15) is 11.1 Å². The van der Waals surface area contributed by atoms with Crippen LogP contribution >= 0.6 is 0 Å². The van der Waals surface area contributed by atoms with E-state index >= 15 is 0 Å². The molecule has 0 unspecified atom stereocenters. The molecule has 16 heavy (non-hydrogen) atoms. The molecule has 2 aromatic carbocycles. The van der Waals surface area contributed by atoms with Crippen LogP contribution in [0, 0.1) is 0 Å². The summed E-state index contributed by atoms with van der Waals surface area (Å²) >= 11 is 0. The van der Waals surface area contributed by atoms with Crippen molar-refractivity contribution in [2.45, 2.75) is 0 Å². The SMILES string of the molecule is Nc1ccc(C=Cc2ccccc2)c(N)c1. The van der Waals surface area contributed by atoms with Gasteiger partial charge in [-0.15, -0.1) is 0 Å². The van der Waals surface area contributed by atoms with Gasteiger partial charge in [0.25, 0.3) is 0 Å². The van der Waals surface area contributed by atoms with E-state index in [1.165, 1.54) is 0 Å². The number of benzene rings is 2. The zero-order chi connectivity index (χ0) is 11.4. The van der Waals surface area contributed by atoms with Crippen LogP contribution in [0.2, 0.25) is 0 Å². The summed E-state index contributed by atoms with van der Waals surface area (Å²) in [6, 6.07) is 15.6. The third-order valence-corrected chi connectivity index (χ3v) is 2.37. The van der Waals surface area contributed by atoms with Crippen LogP contribution in [0.25, 0.3) is 12.2 Å². The van der Waals surface area contributed by atoms with Crippen molar-refractivity contribution in [2.24, 2.45) is 0 Å². The van der Waals surface area contributed by atoms with Gasteiger partial charge in [-0.3, -0.25) is 0 Å². The molecule has 0 spiro atoms. The van der Waals surface area contributed by atoms with Gasteiger partial charge < -0.3 is 11.5 Å². The molecule has 0 aliphatic carbocycles. The standard InChI is InChI=1S/C14H14N2/c15-13-9-8-12(14(16)10-13)7-6-11-4-2-1-3-5-11/h1-10H,15-16H2. The van der Waals surface area contributed by atoms with E-state index in [4.69, 9.17) is 11.5 Å². The van der Waals surface area contributed by atoms with Crippen molar-refractivity contribution in [1.82, 2.24) is 0 Å². The molecule has 2 heteroatoms. The molecule has 0 aliphatic heterocycles. The number of rotatable bonds is 2. The zero-order valence-corrected chi connectivity index (χ0v) is 8.93. The average molecular weight is 210 g/mol. The highest BCUT2D eigenvalue weighted by Crippen LogP contribution is 2.18. The Morgan fingerprint density at radius 1 is 0.812 bits per heavy atom. The highest BCUT2D eigenvalue weighted by atomic mass is 14.6. The van der Waals surface area contributed by atoms with Gasteiger partial charge in [-0.05, 0) is 23.3 Å². The van der Waals surface area contributed by atoms with Crippen LogP contribution in [0.15, 0.2) is 48.5 Å². The molecule has 80 valence electrons. The summed E-state index contributed by atoms with van der Waals surface area (Å²) in [5, 5.41) is 0. The molecule has 0 atom stereocenters. The Bertz CT molecular complexity index is 501. The van der Waals surface area contributed by atoms with E-state index < -0.39 is 0 Å². The maximum atomic E-state index is 5.85. The minimum absolute atomic E-state index is 0.689. The lowest BCUT2D eigenvalue weighted by molar-refractivity contribution is 1.62. The molecule has 0 aliphatic rings. The lowest BCUT2D eigenvalue weighted by Crippen LogP contribution is -1.92. The monoisotopic (exact) mass is 210 g/mol. The van der Waals surface area contributed by atoms with E-state index in [1.54, 1.807) is 6.07 Å². The Balaban J connectivity index is 2.24. The molecule has 2 aromatic rings. The molecule has 4 N–H and O–H groups in total. The fraction of sp³-hybridized carbons (Fsp3) is 0. The Kier molecular flexibility index (Phi) is 2.92. The van der Waals surface area contributed by atoms with Crippen molar-refractivity contribution in [1.29, 1.82) is 0 Å². The van der Waals surface area contributed by atoms with Crippen LogP contribution in [-0.4, -0.2) is 0 Å². The predicted octanol–water partition coefficient (Wildman–Crippen LogP) is 3.02. The van der Waals surface area contributed by atoms with Gasteiger partial charge in [0.2, 0.25) is 0 Å². The average Bonchev–Trinajstić information content (AvgIpc) is 2.29. The first kappa shape index (κ1) is 10.3. The van der Waals surface area contributed by atoms with E-state index in [2.05, 4.69) is 0 Å². The topological polar surface area (TPSA) is 52.0 Å². The largest absolute Gasteiger partial charge is 0.399 e. The molecule has 0 saturated heterocycles. The molecule has 0 bridgehead atoms. The van der Waals surface area contributed by atoms with Crippen molar-refractivity contribution in [3.63, 3.8) is 0 Å². The van der Waals surface area contributed by atoms with Gasteiger partial charge in [0, 0.05) is 11.4 Å². The van der Waals surface area contributed by atoms with Crippen LogP contribution < -0.4 is 11.5 Å². The second kappa shape index (κ2) is 4.53. The molecule has 0 aromatic heterocycles. The first-order chi connectivity index (χ1) is 7.75. The van der Waals surface area contributed by atoms with E-state index in [0.29, 0.717) is 11.4 Å². The fourth-order valence-electron chi connectivity index (χ4n) is 1.50. The van der Waals surface area contributed by atoms with Crippen molar-refractivity contribution in [3.05, 3.63) is 59.7 Å². The summed E-state index contributed by atoms with van der Waals surface area (Å²) in [6.07, 6.45) is 4.02. The lowest BCUT2D eigenvalue weighted by atomic mass is 10.1. The zero-order valence-electron chi connectivity index (χ0n) is 8.93. The molecular weight excluding hydrogens is 196 g/mol. The van der Waals surface area contributed by atoms with E-state index in [-0.39, 0.29) is 0 Å². The number of nitrogens with two attached hydrogens (primary N) is 2. The number of anilines is 2. The lowest BCUT2D eigenvalue weighted by Gasteiger charge is -2.01. The molecular formula is C14H14N2. The minimum Gasteiger partial charge on any atom is -0.399 e. The first-order valence-corrected chi connectivity index (χ1v) is 5.14. The molecule has 2 nitrogen and oxygen atoms in total. The second-order valence-electron chi connectivity index (χ2n) is 3.63. The molecule has 0 heterocycles. The molecule has 0 saturated carbocycles. The summed E-state index contributed by atoms with van der Waals surface area (Å²) in [7, 11) is 0. The maximum absolute atomic E-state index is 5.85. The number of hydrogen-bond acceptors (Lipinski definition) is 2. The Morgan fingerprint density at radius 3 is 2.25 bits per heavy atom. The van der Waals surface area contributed by atoms with E-state index in [0.717, 1.165) is 11.1 Å². The summed E-state index contributed by atoms with van der Waals surface area (Å²) in [6.45, 7) is 0. The summed E-state index contributed by atoms with van der Waals surface area (Å²) in [5.74, 6) is 0. The van der Waals surface area contributed by atoms with Gasteiger partial charge in [-0.25, -0.2) is 0 Å². The molecule has 2 rings (SSSR count). The second-order valence-corrected chi connectivity index (χ2v) is 3.63. The highest BCUT2D eigenvalue weighted by Gasteiger charge is 1.94. The third-order valence-electron chi connectivity index (χ3n) is 2.37. The smallest absolute Gasteiger partial charge is 0.0408 e. The third kappa shape index (κ3) is 2.42.